The Hall–Kier alpha value is -1.59. The van der Waals surface area contributed by atoms with Crippen molar-refractivity contribution in [1.29, 1.82) is 0 Å². The van der Waals surface area contributed by atoms with E-state index in [9.17, 15) is 26.7 Å². The van der Waals surface area contributed by atoms with Crippen LogP contribution in [0.2, 0.25) is 0 Å². The van der Waals surface area contributed by atoms with Gasteiger partial charge in [-0.3, -0.25) is 4.79 Å². The van der Waals surface area contributed by atoms with Gasteiger partial charge in [0, 0.05) is 10.5 Å². The zero-order chi connectivity index (χ0) is 19.6. The number of carbonyl (C=O) groups excluding carboxylic acids is 1. The van der Waals surface area contributed by atoms with E-state index in [1.54, 1.807) is 5.32 Å². The van der Waals surface area contributed by atoms with Gasteiger partial charge in [-0.1, -0.05) is 0 Å². The quantitative estimate of drug-likeness (QED) is 0.473. The van der Waals surface area contributed by atoms with E-state index in [1.165, 1.54) is 6.07 Å². The van der Waals surface area contributed by atoms with Crippen LogP contribution in [-0.4, -0.2) is 17.1 Å². The Morgan fingerprint density at radius 1 is 1.15 bits per heavy atom. The molecular formula is C15H10Br2F5N3O. The standard InChI is InChI=1S/C15H10Br2F5N3O/c16-9-5-11(24-14(26)15(20,21)22)13(17)25-12(9)10(23)3-6-1-7(18)4-8(19)2-6/h1-2,4-5,10H,3,23H2,(H,24,26)/t10-/m0/s1. The summed E-state index contributed by atoms with van der Waals surface area (Å²) < 4.78 is 63.7. The summed E-state index contributed by atoms with van der Waals surface area (Å²) in [7, 11) is 0. The minimum absolute atomic E-state index is 0.0287. The number of amides is 1. The molecule has 11 heteroatoms. The van der Waals surface area contributed by atoms with Crippen LogP contribution in [0.4, 0.5) is 27.6 Å². The molecule has 0 saturated carbocycles. The highest BCUT2D eigenvalue weighted by Gasteiger charge is 2.39. The lowest BCUT2D eigenvalue weighted by Gasteiger charge is -2.16. The normalized spacial score (nSPS) is 12.8. The van der Waals surface area contributed by atoms with Crippen molar-refractivity contribution in [2.75, 3.05) is 5.32 Å². The van der Waals surface area contributed by atoms with Crippen LogP contribution in [0.25, 0.3) is 0 Å². The number of nitrogens with two attached hydrogens (primary N) is 1. The Bertz CT molecular complexity index is 825. The smallest absolute Gasteiger partial charge is 0.322 e. The Labute approximate surface area is 161 Å². The molecule has 1 heterocycles. The summed E-state index contributed by atoms with van der Waals surface area (Å²) in [6.07, 6.45) is -5.02. The molecule has 0 radical (unpaired) electrons. The predicted molar refractivity (Wildman–Crippen MR) is 91.3 cm³/mol. The maximum atomic E-state index is 13.2. The highest BCUT2D eigenvalue weighted by atomic mass is 79.9. The fraction of sp³-hybridized carbons (Fsp3) is 0.200. The average Bonchev–Trinajstić information content (AvgIpc) is 2.48. The van der Waals surface area contributed by atoms with Crippen LogP contribution in [0.15, 0.2) is 33.3 Å². The first-order chi connectivity index (χ1) is 12.0. The van der Waals surface area contributed by atoms with Crippen molar-refractivity contribution < 1.29 is 26.7 Å². The van der Waals surface area contributed by atoms with Crippen LogP contribution in [0.3, 0.4) is 0 Å². The van der Waals surface area contributed by atoms with E-state index in [4.69, 9.17) is 5.73 Å². The molecule has 0 aliphatic carbocycles. The first-order valence-electron chi connectivity index (χ1n) is 6.92. The number of hydrogen-bond acceptors (Lipinski definition) is 3. The van der Waals surface area contributed by atoms with Crippen LogP contribution in [0.5, 0.6) is 0 Å². The number of hydrogen-bond donors (Lipinski definition) is 2. The Morgan fingerprint density at radius 3 is 2.27 bits per heavy atom. The zero-order valence-corrected chi connectivity index (χ0v) is 15.8. The minimum Gasteiger partial charge on any atom is -0.322 e. The molecule has 2 rings (SSSR count). The molecule has 140 valence electrons. The Kier molecular flexibility index (Phi) is 6.35. The van der Waals surface area contributed by atoms with E-state index in [1.807, 2.05) is 0 Å². The second kappa shape index (κ2) is 7.97. The molecule has 26 heavy (non-hydrogen) atoms. The molecule has 4 nitrogen and oxygen atoms in total. The fourth-order valence-corrected chi connectivity index (χ4v) is 3.12. The molecule has 0 aliphatic rings. The molecule has 1 amide bonds. The number of aromatic nitrogens is 1. The highest BCUT2D eigenvalue weighted by Crippen LogP contribution is 2.31. The lowest BCUT2D eigenvalue weighted by Crippen LogP contribution is -2.30. The number of halogens is 7. The largest absolute Gasteiger partial charge is 0.471 e. The summed E-state index contributed by atoms with van der Waals surface area (Å²) >= 11 is 6.08. The molecule has 0 aliphatic heterocycles. The first-order valence-corrected chi connectivity index (χ1v) is 8.50. The molecule has 2 aromatic rings. The number of benzene rings is 1. The van der Waals surface area contributed by atoms with Gasteiger partial charge in [0.05, 0.1) is 17.4 Å². The van der Waals surface area contributed by atoms with Crippen molar-refractivity contribution in [1.82, 2.24) is 4.98 Å². The minimum atomic E-state index is -5.05. The SMILES string of the molecule is N[C@@H](Cc1cc(F)cc(F)c1)c1nc(Br)c(NC(=O)C(F)(F)F)cc1Br. The summed E-state index contributed by atoms with van der Waals surface area (Å²) in [5.41, 5.74) is 6.29. The van der Waals surface area contributed by atoms with E-state index >= 15 is 0 Å². The third kappa shape index (κ3) is 5.21. The number of pyridine rings is 1. The molecular weight excluding hydrogens is 493 g/mol. The maximum absolute atomic E-state index is 13.2. The predicted octanol–water partition coefficient (Wildman–Crippen LogP) is 4.63. The van der Waals surface area contributed by atoms with Crippen LogP contribution in [0.1, 0.15) is 17.3 Å². The second-order valence-corrected chi connectivity index (χ2v) is 6.84. The van der Waals surface area contributed by atoms with Gasteiger partial charge in [0.2, 0.25) is 0 Å². The summed E-state index contributed by atoms with van der Waals surface area (Å²) in [6.45, 7) is 0. The van der Waals surface area contributed by atoms with Gasteiger partial charge in [-0.15, -0.1) is 0 Å². The molecule has 0 bridgehead atoms. The number of carbonyl (C=O) groups is 1. The lowest BCUT2D eigenvalue weighted by atomic mass is 10.0. The zero-order valence-electron chi connectivity index (χ0n) is 12.7. The van der Waals surface area contributed by atoms with Crippen molar-refractivity contribution in [3.63, 3.8) is 0 Å². The molecule has 1 atom stereocenters. The van der Waals surface area contributed by atoms with Gasteiger partial charge in [-0.25, -0.2) is 13.8 Å². The number of rotatable bonds is 4. The number of anilines is 1. The van der Waals surface area contributed by atoms with E-state index in [0.717, 1.165) is 18.2 Å². The van der Waals surface area contributed by atoms with Crippen LogP contribution >= 0.6 is 31.9 Å². The molecule has 0 spiro atoms. The van der Waals surface area contributed by atoms with E-state index in [2.05, 4.69) is 36.8 Å². The van der Waals surface area contributed by atoms with Gasteiger partial charge in [-0.2, -0.15) is 13.2 Å². The van der Waals surface area contributed by atoms with Crippen molar-refractivity contribution in [3.05, 3.63) is 56.2 Å². The molecule has 1 aromatic carbocycles. The molecule has 0 fully saturated rings. The fourth-order valence-electron chi connectivity index (χ4n) is 2.10. The number of alkyl halides is 3. The van der Waals surface area contributed by atoms with E-state index < -0.39 is 29.8 Å². The average molecular weight is 503 g/mol. The third-order valence-electron chi connectivity index (χ3n) is 3.19. The summed E-state index contributed by atoms with van der Waals surface area (Å²) in [6, 6.07) is 3.34. The van der Waals surface area contributed by atoms with Crippen molar-refractivity contribution in [2.45, 2.75) is 18.6 Å². The summed E-state index contributed by atoms with van der Waals surface area (Å²) in [5, 5.41) is 1.68. The monoisotopic (exact) mass is 501 g/mol. The van der Waals surface area contributed by atoms with Crippen LogP contribution < -0.4 is 11.1 Å². The van der Waals surface area contributed by atoms with Gasteiger partial charge >= 0.3 is 12.1 Å². The molecule has 3 N–H and O–H groups in total. The topological polar surface area (TPSA) is 68.0 Å². The van der Waals surface area contributed by atoms with Crippen molar-refractivity contribution in [2.24, 2.45) is 5.73 Å². The van der Waals surface area contributed by atoms with Crippen molar-refractivity contribution in [3.8, 4) is 0 Å². The van der Waals surface area contributed by atoms with E-state index in [-0.39, 0.29) is 32.4 Å². The lowest BCUT2D eigenvalue weighted by molar-refractivity contribution is -0.167. The van der Waals surface area contributed by atoms with Gasteiger partial charge in [-0.05, 0) is 62.0 Å². The first kappa shape index (κ1) is 20.7. The second-order valence-electron chi connectivity index (χ2n) is 5.23. The molecule has 0 saturated heterocycles. The Morgan fingerprint density at radius 2 is 1.73 bits per heavy atom. The Balaban J connectivity index is 2.24. The van der Waals surface area contributed by atoms with Crippen LogP contribution in [0, 0.1) is 11.6 Å². The van der Waals surface area contributed by atoms with Gasteiger partial charge < -0.3 is 11.1 Å². The van der Waals surface area contributed by atoms with Gasteiger partial charge in [0.25, 0.3) is 0 Å². The molecule has 1 aromatic heterocycles. The summed E-state index contributed by atoms with van der Waals surface area (Å²) in [4.78, 5) is 15.0. The van der Waals surface area contributed by atoms with Gasteiger partial charge in [0.15, 0.2) is 0 Å². The molecule has 0 unspecified atom stereocenters. The highest BCUT2D eigenvalue weighted by molar-refractivity contribution is 9.11. The third-order valence-corrected chi connectivity index (χ3v) is 4.43. The number of nitrogens with zero attached hydrogens (tertiary/aromatic N) is 1. The van der Waals surface area contributed by atoms with Crippen LogP contribution in [-0.2, 0) is 11.2 Å². The summed E-state index contributed by atoms with van der Waals surface area (Å²) in [5.74, 6) is -3.67. The number of nitrogens with one attached hydrogen (secondary N) is 1. The van der Waals surface area contributed by atoms with Crippen molar-refractivity contribution >= 4 is 43.5 Å². The van der Waals surface area contributed by atoms with E-state index in [0.29, 0.717) is 0 Å². The van der Waals surface area contributed by atoms with Gasteiger partial charge in [0.1, 0.15) is 16.2 Å². The maximum Gasteiger partial charge on any atom is 0.471 e.